The third-order valence-electron chi connectivity index (χ3n) is 4.58. The second-order valence-electron chi connectivity index (χ2n) is 7.00. The highest BCUT2D eigenvalue weighted by Gasteiger charge is 2.31. The lowest BCUT2D eigenvalue weighted by Gasteiger charge is -2.10. The van der Waals surface area contributed by atoms with E-state index >= 15 is 0 Å². The highest BCUT2D eigenvalue weighted by molar-refractivity contribution is 5.97. The van der Waals surface area contributed by atoms with E-state index in [9.17, 15) is 22.4 Å². The van der Waals surface area contributed by atoms with Gasteiger partial charge < -0.3 is 10.1 Å². The number of carbonyl (C=O) groups is 1. The fraction of sp³-hybridized carbons (Fsp3) is 0.136. The van der Waals surface area contributed by atoms with E-state index in [1.165, 1.54) is 47.8 Å². The Morgan fingerprint density at radius 2 is 1.66 bits per heavy atom. The number of amides is 1. The third-order valence-corrected chi connectivity index (χ3v) is 4.58. The number of rotatable bonds is 4. The van der Waals surface area contributed by atoms with Gasteiger partial charge in [-0.3, -0.25) is 4.79 Å². The van der Waals surface area contributed by atoms with Gasteiger partial charge in [0, 0.05) is 18.2 Å². The van der Waals surface area contributed by atoms with Crippen LogP contribution in [-0.4, -0.2) is 26.9 Å². The van der Waals surface area contributed by atoms with Gasteiger partial charge in [0.05, 0.1) is 11.3 Å². The molecule has 0 radical (unpaired) electrons. The van der Waals surface area contributed by atoms with E-state index in [0.29, 0.717) is 33.7 Å². The predicted molar refractivity (Wildman–Crippen MR) is 110 cm³/mol. The summed E-state index contributed by atoms with van der Waals surface area (Å²) in [7, 11) is 0. The fourth-order valence-electron chi connectivity index (χ4n) is 3.28. The van der Waals surface area contributed by atoms with E-state index in [1.54, 1.807) is 25.1 Å². The minimum absolute atomic E-state index is 0.203. The maximum Gasteiger partial charge on any atom is 0.573 e. The van der Waals surface area contributed by atoms with E-state index in [4.69, 9.17) is 0 Å². The number of halogens is 4. The van der Waals surface area contributed by atoms with Gasteiger partial charge in [0.2, 0.25) is 5.91 Å². The molecule has 2 aromatic carbocycles. The van der Waals surface area contributed by atoms with Crippen molar-refractivity contribution in [2.75, 3.05) is 5.32 Å². The molecule has 1 N–H and O–H groups in total. The highest BCUT2D eigenvalue weighted by atomic mass is 19.4. The maximum absolute atomic E-state index is 13.3. The van der Waals surface area contributed by atoms with Crippen LogP contribution in [0.4, 0.5) is 23.4 Å². The number of anilines is 1. The first kappa shape index (κ1) is 21.3. The van der Waals surface area contributed by atoms with Gasteiger partial charge in [-0.2, -0.15) is 0 Å². The Morgan fingerprint density at radius 1 is 1.03 bits per heavy atom. The molecule has 4 rings (SSSR count). The number of aromatic nitrogens is 3. The topological polar surface area (TPSA) is 68.5 Å². The average Bonchev–Trinajstić information content (AvgIpc) is 3.06. The minimum Gasteiger partial charge on any atom is -0.406 e. The van der Waals surface area contributed by atoms with Crippen molar-refractivity contribution in [3.8, 4) is 28.1 Å². The molecule has 2 aromatic heterocycles. The van der Waals surface area contributed by atoms with Crippen LogP contribution >= 0.6 is 0 Å². The van der Waals surface area contributed by atoms with Crippen LogP contribution in [0.25, 0.3) is 28.0 Å². The van der Waals surface area contributed by atoms with Crippen LogP contribution in [0.15, 0.2) is 54.6 Å². The molecule has 164 valence electrons. The smallest absolute Gasteiger partial charge is 0.406 e. The molecule has 0 unspecified atom stereocenters. The van der Waals surface area contributed by atoms with Crippen LogP contribution in [0.3, 0.4) is 0 Å². The van der Waals surface area contributed by atoms with Gasteiger partial charge in [-0.25, -0.2) is 13.9 Å². The lowest BCUT2D eigenvalue weighted by molar-refractivity contribution is -0.274. The van der Waals surface area contributed by atoms with Crippen molar-refractivity contribution in [2.24, 2.45) is 0 Å². The summed E-state index contributed by atoms with van der Waals surface area (Å²) in [6.07, 6.45) is -4.81. The number of nitrogens with one attached hydrogen (secondary N) is 1. The molecule has 2 heterocycles. The van der Waals surface area contributed by atoms with Crippen LogP contribution in [-0.2, 0) is 4.79 Å². The first-order valence-corrected chi connectivity index (χ1v) is 9.41. The molecule has 0 fully saturated rings. The molecule has 4 aromatic rings. The number of hydrogen-bond acceptors (Lipinski definition) is 4. The summed E-state index contributed by atoms with van der Waals surface area (Å²) < 4.78 is 56.2. The molecule has 0 aliphatic carbocycles. The normalized spacial score (nSPS) is 11.6. The first-order valence-electron chi connectivity index (χ1n) is 9.41. The monoisotopic (exact) mass is 444 g/mol. The Balaban J connectivity index is 1.88. The number of nitrogens with zero attached hydrogens (tertiary/aromatic N) is 3. The predicted octanol–water partition coefficient (Wildman–Crippen LogP) is 5.37. The average molecular weight is 444 g/mol. The summed E-state index contributed by atoms with van der Waals surface area (Å²) in [4.78, 5) is 16.4. The molecule has 0 spiro atoms. The van der Waals surface area contributed by atoms with Crippen LogP contribution < -0.4 is 10.1 Å². The molecule has 10 heteroatoms. The number of aryl methyl sites for hydroxylation is 1. The van der Waals surface area contributed by atoms with Gasteiger partial charge >= 0.3 is 6.36 Å². The third kappa shape index (κ3) is 4.39. The Morgan fingerprint density at radius 3 is 2.25 bits per heavy atom. The van der Waals surface area contributed by atoms with Crippen LogP contribution in [0, 0.1) is 12.7 Å². The molecule has 1 amide bonds. The van der Waals surface area contributed by atoms with Crippen LogP contribution in [0.5, 0.6) is 5.75 Å². The number of fused-ring (bicyclic) bond motifs is 1. The molecule has 0 aliphatic rings. The molecule has 6 nitrogen and oxygen atoms in total. The van der Waals surface area contributed by atoms with Crippen molar-refractivity contribution in [2.45, 2.75) is 20.2 Å². The Hall–Kier alpha value is -3.95. The van der Waals surface area contributed by atoms with Crippen LogP contribution in [0.1, 0.15) is 12.6 Å². The van der Waals surface area contributed by atoms with Crippen molar-refractivity contribution < 1.29 is 27.1 Å². The number of ether oxygens (including phenoxy) is 1. The van der Waals surface area contributed by atoms with E-state index in [-0.39, 0.29) is 23.3 Å². The molecule has 0 saturated carbocycles. The molecule has 32 heavy (non-hydrogen) atoms. The minimum atomic E-state index is -4.81. The van der Waals surface area contributed by atoms with Crippen molar-refractivity contribution in [1.29, 1.82) is 0 Å². The zero-order chi connectivity index (χ0) is 23.0. The van der Waals surface area contributed by atoms with Gasteiger partial charge in [-0.15, -0.1) is 18.3 Å². The fourth-order valence-corrected chi connectivity index (χ4v) is 3.28. The number of alkyl halides is 3. The summed E-state index contributed by atoms with van der Waals surface area (Å²) >= 11 is 0. The Bertz CT molecular complexity index is 1300. The zero-order valence-corrected chi connectivity index (χ0v) is 16.9. The van der Waals surface area contributed by atoms with Crippen molar-refractivity contribution >= 4 is 17.4 Å². The summed E-state index contributed by atoms with van der Waals surface area (Å²) in [5.74, 6) is -0.933. The van der Waals surface area contributed by atoms with E-state index in [2.05, 4.69) is 20.1 Å². The zero-order valence-electron chi connectivity index (χ0n) is 16.9. The summed E-state index contributed by atoms with van der Waals surface area (Å²) in [6.45, 7) is 3.11. The molecule has 0 atom stereocenters. The standard InChI is InChI=1S/C22H16F4N4O2/c1-12-11-18(14-3-7-16(23)8-4-14)28-21-19(20(27-13(2)31)29-30(12)21)15-5-9-17(10-6-15)32-22(24,25)26/h3-11H,1-2H3,(H,27,29,31). The van der Waals surface area contributed by atoms with Gasteiger partial charge in [0.15, 0.2) is 11.5 Å². The van der Waals surface area contributed by atoms with E-state index in [1.807, 2.05) is 0 Å². The van der Waals surface area contributed by atoms with E-state index in [0.717, 1.165) is 0 Å². The quantitative estimate of drug-likeness (QED) is 0.430. The SMILES string of the molecule is CC(=O)Nc1nn2c(C)cc(-c3ccc(F)cc3)nc2c1-c1ccc(OC(F)(F)F)cc1. The van der Waals surface area contributed by atoms with Gasteiger partial charge in [-0.1, -0.05) is 12.1 Å². The maximum atomic E-state index is 13.3. The summed E-state index contributed by atoms with van der Waals surface area (Å²) in [6, 6.07) is 12.7. The number of carbonyl (C=O) groups excluding carboxylic acids is 1. The van der Waals surface area contributed by atoms with Crippen molar-refractivity contribution in [3.05, 3.63) is 66.1 Å². The van der Waals surface area contributed by atoms with Gasteiger partial charge in [0.25, 0.3) is 0 Å². The Labute approximate surface area is 179 Å². The molecule has 0 bridgehead atoms. The lowest BCUT2D eigenvalue weighted by Crippen LogP contribution is -2.16. The molecule has 0 saturated heterocycles. The number of benzene rings is 2. The highest BCUT2D eigenvalue weighted by Crippen LogP contribution is 2.35. The van der Waals surface area contributed by atoms with Crippen LogP contribution in [0.2, 0.25) is 0 Å². The van der Waals surface area contributed by atoms with Gasteiger partial charge in [0.1, 0.15) is 11.6 Å². The lowest BCUT2D eigenvalue weighted by atomic mass is 10.1. The first-order chi connectivity index (χ1) is 15.1. The van der Waals surface area contributed by atoms with Gasteiger partial charge in [-0.05, 0) is 55.0 Å². The second kappa shape index (κ2) is 7.95. The Kier molecular flexibility index (Phi) is 5.29. The van der Waals surface area contributed by atoms with Crippen molar-refractivity contribution in [1.82, 2.24) is 14.6 Å². The molecular formula is C22H16F4N4O2. The second-order valence-corrected chi connectivity index (χ2v) is 7.00. The summed E-state index contributed by atoms with van der Waals surface area (Å²) in [5.41, 5.74) is 3.16. The molecule has 0 aliphatic heterocycles. The number of hydrogen-bond donors (Lipinski definition) is 1. The summed E-state index contributed by atoms with van der Waals surface area (Å²) in [5, 5.41) is 7.05. The largest absolute Gasteiger partial charge is 0.573 e. The van der Waals surface area contributed by atoms with E-state index < -0.39 is 6.36 Å². The molecular weight excluding hydrogens is 428 g/mol. The van der Waals surface area contributed by atoms with Crippen molar-refractivity contribution in [3.63, 3.8) is 0 Å².